The van der Waals surface area contributed by atoms with Gasteiger partial charge < -0.3 is 9.67 Å². The molecule has 3 aromatic rings. The quantitative estimate of drug-likeness (QED) is 0.778. The molecule has 102 valence electrons. The summed E-state index contributed by atoms with van der Waals surface area (Å²) in [4.78, 5) is 12.4. The van der Waals surface area contributed by atoms with E-state index in [1.165, 1.54) is 11.3 Å². The van der Waals surface area contributed by atoms with Crippen LogP contribution >= 0.6 is 22.9 Å². The highest BCUT2D eigenvalue weighted by Gasteiger charge is 2.12. The fraction of sp³-hybridized carbons (Fsp3) is 0.133. The Morgan fingerprint density at radius 1 is 1.35 bits per heavy atom. The number of aryl methyl sites for hydroxylation is 1. The first-order valence-corrected chi connectivity index (χ1v) is 7.31. The van der Waals surface area contributed by atoms with Crippen molar-refractivity contribution in [3.63, 3.8) is 0 Å². The van der Waals surface area contributed by atoms with E-state index in [2.05, 4.69) is 4.57 Å². The molecule has 0 unspecified atom stereocenters. The van der Waals surface area contributed by atoms with Gasteiger partial charge in [0.15, 0.2) is 0 Å². The van der Waals surface area contributed by atoms with Crippen molar-refractivity contribution in [3.8, 4) is 0 Å². The fourth-order valence-corrected chi connectivity index (χ4v) is 3.33. The number of carboxylic acid groups (broad SMARTS) is 1. The maximum Gasteiger partial charge on any atom is 0.345 e. The molecule has 0 saturated carbocycles. The van der Waals surface area contributed by atoms with Crippen LogP contribution in [0.15, 0.2) is 36.5 Å². The van der Waals surface area contributed by atoms with E-state index in [9.17, 15) is 4.79 Å². The van der Waals surface area contributed by atoms with E-state index >= 15 is 0 Å². The second kappa shape index (κ2) is 4.96. The minimum Gasteiger partial charge on any atom is -0.477 e. The molecule has 2 aromatic heterocycles. The fourth-order valence-electron chi connectivity index (χ4n) is 2.27. The molecule has 0 radical (unpaired) electrons. The predicted molar refractivity (Wildman–Crippen MR) is 82.1 cm³/mol. The molecular formula is C15H12ClNO2S. The van der Waals surface area contributed by atoms with Gasteiger partial charge in [-0.3, -0.25) is 0 Å². The maximum atomic E-state index is 11.0. The number of carboxylic acids is 1. The molecule has 0 aliphatic rings. The van der Waals surface area contributed by atoms with E-state index in [0.717, 1.165) is 26.4 Å². The van der Waals surface area contributed by atoms with Gasteiger partial charge in [0.05, 0.1) is 0 Å². The lowest BCUT2D eigenvalue weighted by Crippen LogP contribution is -1.98. The van der Waals surface area contributed by atoms with Crippen LogP contribution in [0.25, 0.3) is 10.9 Å². The summed E-state index contributed by atoms with van der Waals surface area (Å²) < 4.78 is 2.10. The van der Waals surface area contributed by atoms with E-state index < -0.39 is 5.97 Å². The lowest BCUT2D eigenvalue weighted by atomic mass is 10.2. The second-order valence-electron chi connectivity index (χ2n) is 4.64. The lowest BCUT2D eigenvalue weighted by Gasteiger charge is -2.05. The van der Waals surface area contributed by atoms with E-state index in [1.54, 1.807) is 6.07 Å². The minimum absolute atomic E-state index is 0.386. The molecule has 3 nitrogen and oxygen atoms in total. The van der Waals surface area contributed by atoms with Gasteiger partial charge in [-0.15, -0.1) is 11.3 Å². The number of nitrogens with zero attached hydrogens (tertiary/aromatic N) is 1. The van der Waals surface area contributed by atoms with Gasteiger partial charge in [-0.2, -0.15) is 0 Å². The zero-order chi connectivity index (χ0) is 14.3. The Balaban J connectivity index is 1.99. The van der Waals surface area contributed by atoms with Gasteiger partial charge in [-0.05, 0) is 42.8 Å². The number of aromatic nitrogens is 1. The molecule has 0 saturated heterocycles. The van der Waals surface area contributed by atoms with Gasteiger partial charge >= 0.3 is 5.97 Å². The van der Waals surface area contributed by atoms with Crippen molar-refractivity contribution in [2.24, 2.45) is 0 Å². The van der Waals surface area contributed by atoms with Gasteiger partial charge in [-0.25, -0.2) is 4.79 Å². The average Bonchev–Trinajstić information content (AvgIpc) is 2.95. The molecule has 0 spiro atoms. The third-order valence-corrected chi connectivity index (χ3v) is 4.62. The molecule has 1 N–H and O–H groups in total. The Morgan fingerprint density at radius 2 is 2.15 bits per heavy atom. The molecular weight excluding hydrogens is 294 g/mol. The SMILES string of the molecule is Cc1sc(C(=O)O)cc1Cn1ccc2cc(Cl)ccc21. The molecule has 3 rings (SSSR count). The number of thiophene rings is 1. The third kappa shape index (κ3) is 2.32. The molecule has 0 amide bonds. The van der Waals surface area contributed by atoms with Crippen LogP contribution < -0.4 is 0 Å². The van der Waals surface area contributed by atoms with Crippen molar-refractivity contribution in [2.75, 3.05) is 0 Å². The largest absolute Gasteiger partial charge is 0.477 e. The van der Waals surface area contributed by atoms with Crippen LogP contribution in [-0.2, 0) is 6.54 Å². The Bertz CT molecular complexity index is 803. The Labute approximate surface area is 125 Å². The molecule has 0 aliphatic carbocycles. The van der Waals surface area contributed by atoms with Gasteiger partial charge in [0.25, 0.3) is 0 Å². The maximum absolute atomic E-state index is 11.0. The minimum atomic E-state index is -0.867. The molecule has 0 fully saturated rings. The number of benzene rings is 1. The van der Waals surface area contributed by atoms with Gasteiger partial charge in [0.2, 0.25) is 0 Å². The third-order valence-electron chi connectivity index (χ3n) is 3.31. The predicted octanol–water partition coefficient (Wildman–Crippen LogP) is 4.41. The van der Waals surface area contributed by atoms with Crippen molar-refractivity contribution in [1.82, 2.24) is 4.57 Å². The Kier molecular flexibility index (Phi) is 3.28. The standard InChI is InChI=1S/C15H12ClNO2S/c1-9-11(7-14(20-9)15(18)19)8-17-5-4-10-6-12(16)2-3-13(10)17/h2-7H,8H2,1H3,(H,18,19). The molecule has 20 heavy (non-hydrogen) atoms. The van der Waals surface area contributed by atoms with Crippen LogP contribution in [0.1, 0.15) is 20.1 Å². The van der Waals surface area contributed by atoms with Crippen LogP contribution in [-0.4, -0.2) is 15.6 Å². The molecule has 2 heterocycles. The summed E-state index contributed by atoms with van der Waals surface area (Å²) in [5, 5.41) is 10.8. The highest BCUT2D eigenvalue weighted by Crippen LogP contribution is 2.25. The molecule has 0 aliphatic heterocycles. The number of fused-ring (bicyclic) bond motifs is 1. The summed E-state index contributed by atoms with van der Waals surface area (Å²) >= 11 is 7.30. The number of carbonyl (C=O) groups is 1. The highest BCUT2D eigenvalue weighted by atomic mass is 35.5. The summed E-state index contributed by atoms with van der Waals surface area (Å²) in [7, 11) is 0. The zero-order valence-corrected chi connectivity index (χ0v) is 12.3. The number of halogens is 1. The van der Waals surface area contributed by atoms with E-state index in [1.807, 2.05) is 37.4 Å². The number of rotatable bonds is 3. The summed E-state index contributed by atoms with van der Waals surface area (Å²) in [6.07, 6.45) is 2.00. The van der Waals surface area contributed by atoms with E-state index in [-0.39, 0.29) is 0 Å². The monoisotopic (exact) mass is 305 g/mol. The number of hydrogen-bond acceptors (Lipinski definition) is 2. The smallest absolute Gasteiger partial charge is 0.345 e. The Hall–Kier alpha value is -1.78. The van der Waals surface area contributed by atoms with Gasteiger partial charge in [0, 0.05) is 33.5 Å². The zero-order valence-electron chi connectivity index (χ0n) is 10.8. The molecule has 0 atom stereocenters. The average molecular weight is 306 g/mol. The van der Waals surface area contributed by atoms with Crippen LogP contribution in [0.3, 0.4) is 0 Å². The Morgan fingerprint density at radius 3 is 2.85 bits per heavy atom. The first-order valence-electron chi connectivity index (χ1n) is 6.11. The van der Waals surface area contributed by atoms with Crippen LogP contribution in [0.5, 0.6) is 0 Å². The van der Waals surface area contributed by atoms with Crippen molar-refractivity contribution in [2.45, 2.75) is 13.5 Å². The molecule has 1 aromatic carbocycles. The first-order chi connectivity index (χ1) is 9.54. The molecule has 0 bridgehead atoms. The highest BCUT2D eigenvalue weighted by molar-refractivity contribution is 7.14. The summed E-state index contributed by atoms with van der Waals surface area (Å²) in [5.41, 5.74) is 2.14. The van der Waals surface area contributed by atoms with Crippen LogP contribution in [0.2, 0.25) is 5.02 Å². The first kappa shape index (κ1) is 13.2. The van der Waals surface area contributed by atoms with Crippen molar-refractivity contribution in [1.29, 1.82) is 0 Å². The topological polar surface area (TPSA) is 42.2 Å². The van der Waals surface area contributed by atoms with Gasteiger partial charge in [-0.1, -0.05) is 11.6 Å². The van der Waals surface area contributed by atoms with Crippen molar-refractivity contribution in [3.05, 3.63) is 56.9 Å². The number of hydrogen-bond donors (Lipinski definition) is 1. The van der Waals surface area contributed by atoms with Crippen molar-refractivity contribution < 1.29 is 9.90 Å². The normalized spacial score (nSPS) is 11.1. The second-order valence-corrected chi connectivity index (χ2v) is 6.34. The summed E-state index contributed by atoms with van der Waals surface area (Å²) in [5.74, 6) is -0.867. The summed E-state index contributed by atoms with van der Waals surface area (Å²) in [6.45, 7) is 2.62. The van der Waals surface area contributed by atoms with Crippen molar-refractivity contribution >= 4 is 39.8 Å². The van der Waals surface area contributed by atoms with E-state index in [0.29, 0.717) is 11.4 Å². The lowest BCUT2D eigenvalue weighted by molar-refractivity contribution is 0.0702. The van der Waals surface area contributed by atoms with Crippen LogP contribution in [0, 0.1) is 6.92 Å². The van der Waals surface area contributed by atoms with E-state index in [4.69, 9.17) is 16.7 Å². The molecule has 5 heteroatoms. The van der Waals surface area contributed by atoms with Crippen LogP contribution in [0.4, 0.5) is 0 Å². The van der Waals surface area contributed by atoms with Gasteiger partial charge in [0.1, 0.15) is 4.88 Å². The summed E-state index contributed by atoms with van der Waals surface area (Å²) in [6, 6.07) is 9.54. The number of aromatic carboxylic acids is 1.